The molecule has 2 heterocycles. The monoisotopic (exact) mass is 342 g/mol. The second-order valence-electron chi connectivity index (χ2n) is 7.09. The molecule has 1 aromatic carbocycles. The van der Waals surface area contributed by atoms with Gasteiger partial charge in [0.2, 0.25) is 0 Å². The van der Waals surface area contributed by atoms with Crippen molar-refractivity contribution in [1.29, 1.82) is 0 Å². The molecule has 4 heteroatoms. The van der Waals surface area contributed by atoms with Gasteiger partial charge < -0.3 is 14.3 Å². The second-order valence-corrected chi connectivity index (χ2v) is 7.09. The number of rotatable bonds is 6. The van der Waals surface area contributed by atoms with Crippen LogP contribution in [0.4, 0.5) is 0 Å². The fourth-order valence-corrected chi connectivity index (χ4v) is 3.23. The molecule has 0 amide bonds. The van der Waals surface area contributed by atoms with Crippen molar-refractivity contribution in [3.05, 3.63) is 42.0 Å². The van der Waals surface area contributed by atoms with Gasteiger partial charge in [0.15, 0.2) is 11.8 Å². The van der Waals surface area contributed by atoms with Crippen molar-refractivity contribution >= 4 is 10.9 Å². The zero-order chi connectivity index (χ0) is 17.3. The number of oxazole rings is 1. The van der Waals surface area contributed by atoms with E-state index in [1.807, 2.05) is 19.2 Å². The molecular formula is C21H32N3O+. The number of para-hydroxylation sites is 1. The van der Waals surface area contributed by atoms with Crippen LogP contribution in [-0.2, 0) is 0 Å². The Bertz CT molecular complexity index is 816. The number of aromatic amines is 1. The predicted octanol–water partition coefficient (Wildman–Crippen LogP) is 4.39. The van der Waals surface area contributed by atoms with Crippen molar-refractivity contribution in [1.82, 2.24) is 9.97 Å². The lowest BCUT2D eigenvalue weighted by molar-refractivity contribution is -0.894. The van der Waals surface area contributed by atoms with Crippen LogP contribution in [0.1, 0.15) is 51.7 Å². The minimum atomic E-state index is 0. The van der Waals surface area contributed by atoms with E-state index in [4.69, 9.17) is 9.40 Å². The Labute approximate surface area is 151 Å². The molecule has 2 atom stereocenters. The molecule has 0 saturated carbocycles. The number of aryl methyl sites for hydroxylation is 1. The van der Waals surface area contributed by atoms with Gasteiger partial charge in [0.05, 0.1) is 19.8 Å². The van der Waals surface area contributed by atoms with E-state index >= 15 is 0 Å². The second kappa shape index (κ2) is 7.87. The van der Waals surface area contributed by atoms with Gasteiger partial charge in [-0.05, 0) is 18.9 Å². The number of nitrogens with zero attached hydrogens (tertiary/aromatic N) is 1. The van der Waals surface area contributed by atoms with Crippen LogP contribution in [0.3, 0.4) is 0 Å². The first-order chi connectivity index (χ1) is 11.5. The van der Waals surface area contributed by atoms with Crippen LogP contribution in [-0.4, -0.2) is 24.1 Å². The Kier molecular flexibility index (Phi) is 6.07. The van der Waals surface area contributed by atoms with Crippen LogP contribution < -0.4 is 4.90 Å². The van der Waals surface area contributed by atoms with Crippen molar-refractivity contribution in [2.45, 2.75) is 47.1 Å². The summed E-state index contributed by atoms with van der Waals surface area (Å²) in [4.78, 5) is 9.47. The number of quaternary nitrogens is 1. The van der Waals surface area contributed by atoms with E-state index in [1.165, 1.54) is 16.7 Å². The lowest BCUT2D eigenvalue weighted by Gasteiger charge is -2.21. The summed E-state index contributed by atoms with van der Waals surface area (Å²) in [6, 6.07) is 8.59. The molecule has 25 heavy (non-hydrogen) atoms. The van der Waals surface area contributed by atoms with Gasteiger partial charge in [0, 0.05) is 29.1 Å². The highest BCUT2D eigenvalue weighted by molar-refractivity contribution is 5.94. The maximum atomic E-state index is 6.28. The van der Waals surface area contributed by atoms with Gasteiger partial charge in [0.1, 0.15) is 0 Å². The third kappa shape index (κ3) is 3.79. The predicted molar refractivity (Wildman–Crippen MR) is 105 cm³/mol. The highest BCUT2D eigenvalue weighted by atomic mass is 16.4. The standard InChI is InChI=1S/C20H27N3O.CH4/c1-6-13(2)11-18(23(4)5)20-22-14(3)19(24-20)16-12-21-17-10-8-7-9-15(16)17;/h7-10,12-13,18,21H,6,11H2,1-5H3;1H4/p+1/t13-,18+;/m0./s1. The molecule has 0 fully saturated rings. The van der Waals surface area contributed by atoms with E-state index in [0.717, 1.165) is 34.8 Å². The first kappa shape index (κ1) is 19.3. The summed E-state index contributed by atoms with van der Waals surface area (Å²) in [6.07, 6.45) is 4.29. The minimum absolute atomic E-state index is 0. The first-order valence-corrected chi connectivity index (χ1v) is 8.85. The quantitative estimate of drug-likeness (QED) is 0.698. The van der Waals surface area contributed by atoms with Crippen LogP contribution in [0.5, 0.6) is 0 Å². The summed E-state index contributed by atoms with van der Waals surface area (Å²) in [7, 11) is 4.36. The number of nitrogens with one attached hydrogen (secondary N) is 2. The minimum Gasteiger partial charge on any atom is -0.435 e. The van der Waals surface area contributed by atoms with E-state index in [1.54, 1.807) is 0 Å². The van der Waals surface area contributed by atoms with E-state index in [-0.39, 0.29) is 13.5 Å². The highest BCUT2D eigenvalue weighted by Crippen LogP contribution is 2.33. The Hall–Kier alpha value is -2.07. The van der Waals surface area contributed by atoms with E-state index in [0.29, 0.717) is 5.92 Å². The van der Waals surface area contributed by atoms with Gasteiger partial charge >= 0.3 is 0 Å². The van der Waals surface area contributed by atoms with Crippen LogP contribution in [0.25, 0.3) is 22.2 Å². The zero-order valence-corrected chi connectivity index (χ0v) is 15.3. The van der Waals surface area contributed by atoms with Crippen molar-refractivity contribution in [2.24, 2.45) is 5.92 Å². The lowest BCUT2D eigenvalue weighted by Crippen LogP contribution is -3.06. The van der Waals surface area contributed by atoms with Gasteiger partial charge in [-0.3, -0.25) is 0 Å². The molecule has 136 valence electrons. The van der Waals surface area contributed by atoms with Gasteiger partial charge in [-0.1, -0.05) is 45.9 Å². The molecule has 0 aliphatic rings. The molecule has 0 saturated heterocycles. The molecule has 4 nitrogen and oxygen atoms in total. The Balaban J connectivity index is 0.00000225. The molecule has 2 N–H and O–H groups in total. The summed E-state index contributed by atoms with van der Waals surface area (Å²) >= 11 is 0. The van der Waals surface area contributed by atoms with E-state index in [2.05, 4.69) is 51.1 Å². The van der Waals surface area contributed by atoms with Gasteiger partial charge in [-0.25, -0.2) is 4.98 Å². The molecule has 0 aliphatic heterocycles. The highest BCUT2D eigenvalue weighted by Gasteiger charge is 2.27. The molecular weight excluding hydrogens is 310 g/mol. The topological polar surface area (TPSA) is 46.3 Å². The fraction of sp³-hybridized carbons (Fsp3) is 0.476. The smallest absolute Gasteiger partial charge is 0.254 e. The Morgan fingerprint density at radius 1 is 1.24 bits per heavy atom. The van der Waals surface area contributed by atoms with Crippen molar-refractivity contribution in [2.75, 3.05) is 14.1 Å². The number of benzene rings is 1. The number of hydrogen-bond donors (Lipinski definition) is 2. The van der Waals surface area contributed by atoms with Crippen LogP contribution in [0, 0.1) is 12.8 Å². The number of hydrogen-bond acceptors (Lipinski definition) is 2. The van der Waals surface area contributed by atoms with Crippen molar-refractivity contribution < 1.29 is 9.32 Å². The SMILES string of the molecule is C.CC[C@H](C)C[C@H](c1nc(C)c(-c2c[nH]c3ccccc23)o1)[NH+](C)C. The third-order valence-electron chi connectivity index (χ3n) is 4.98. The maximum Gasteiger partial charge on any atom is 0.254 e. The zero-order valence-electron chi connectivity index (χ0n) is 15.3. The normalized spacial score (nSPS) is 13.8. The molecule has 0 radical (unpaired) electrons. The van der Waals surface area contributed by atoms with Crippen LogP contribution >= 0.6 is 0 Å². The summed E-state index contributed by atoms with van der Waals surface area (Å²) in [5, 5.41) is 1.18. The lowest BCUT2D eigenvalue weighted by atomic mass is 9.99. The summed E-state index contributed by atoms with van der Waals surface area (Å²) in [6.45, 7) is 6.58. The van der Waals surface area contributed by atoms with Crippen LogP contribution in [0.2, 0.25) is 0 Å². The fourth-order valence-electron chi connectivity index (χ4n) is 3.23. The van der Waals surface area contributed by atoms with E-state index < -0.39 is 0 Å². The molecule has 0 bridgehead atoms. The molecule has 3 rings (SSSR count). The molecule has 0 aliphatic carbocycles. The third-order valence-corrected chi connectivity index (χ3v) is 4.98. The Morgan fingerprint density at radius 3 is 2.64 bits per heavy atom. The molecule has 0 unspecified atom stereocenters. The molecule has 0 spiro atoms. The van der Waals surface area contributed by atoms with Gasteiger partial charge in [0.25, 0.3) is 5.89 Å². The number of H-pyrrole nitrogens is 1. The molecule has 2 aromatic heterocycles. The molecule has 3 aromatic rings. The van der Waals surface area contributed by atoms with Gasteiger partial charge in [-0.15, -0.1) is 0 Å². The summed E-state index contributed by atoms with van der Waals surface area (Å²) in [5.74, 6) is 2.40. The van der Waals surface area contributed by atoms with E-state index in [9.17, 15) is 0 Å². The number of fused-ring (bicyclic) bond motifs is 1. The average molecular weight is 343 g/mol. The largest absolute Gasteiger partial charge is 0.435 e. The maximum absolute atomic E-state index is 6.28. The average Bonchev–Trinajstić information content (AvgIpc) is 3.15. The van der Waals surface area contributed by atoms with Crippen molar-refractivity contribution in [3.63, 3.8) is 0 Å². The Morgan fingerprint density at radius 2 is 1.96 bits per heavy atom. The van der Waals surface area contributed by atoms with Crippen LogP contribution in [0.15, 0.2) is 34.9 Å². The summed E-state index contributed by atoms with van der Waals surface area (Å²) < 4.78 is 6.28. The number of aromatic nitrogens is 2. The van der Waals surface area contributed by atoms with Crippen molar-refractivity contribution in [3.8, 4) is 11.3 Å². The summed E-state index contributed by atoms with van der Waals surface area (Å²) in [5.41, 5.74) is 3.18. The first-order valence-electron chi connectivity index (χ1n) is 8.85. The van der Waals surface area contributed by atoms with Gasteiger partial charge in [-0.2, -0.15) is 0 Å².